The second-order valence-electron chi connectivity index (χ2n) is 4.07. The first-order valence-corrected chi connectivity index (χ1v) is 5.67. The van der Waals surface area contributed by atoms with Crippen LogP contribution in [-0.4, -0.2) is 4.98 Å². The molecule has 0 spiro atoms. The SMILES string of the molecule is C[C@@H](Nc1c(F)cc(C#N)cc1F)c1ccncc1. The van der Waals surface area contributed by atoms with Crippen LogP contribution in [-0.2, 0) is 0 Å². The van der Waals surface area contributed by atoms with Crippen LogP contribution in [0.3, 0.4) is 0 Å². The molecule has 96 valence electrons. The highest BCUT2D eigenvalue weighted by molar-refractivity contribution is 5.51. The maximum absolute atomic E-state index is 13.7. The van der Waals surface area contributed by atoms with Crippen molar-refractivity contribution in [1.29, 1.82) is 5.26 Å². The molecule has 1 N–H and O–H groups in total. The van der Waals surface area contributed by atoms with Gasteiger partial charge in [0.25, 0.3) is 0 Å². The van der Waals surface area contributed by atoms with Crippen LogP contribution in [0.4, 0.5) is 14.5 Å². The number of halogens is 2. The van der Waals surface area contributed by atoms with Gasteiger partial charge < -0.3 is 5.32 Å². The number of benzene rings is 1. The summed E-state index contributed by atoms with van der Waals surface area (Å²) in [6.07, 6.45) is 3.22. The number of anilines is 1. The quantitative estimate of drug-likeness (QED) is 0.918. The van der Waals surface area contributed by atoms with E-state index in [-0.39, 0.29) is 17.3 Å². The van der Waals surface area contributed by atoms with E-state index < -0.39 is 11.6 Å². The van der Waals surface area contributed by atoms with Crippen LogP contribution < -0.4 is 5.32 Å². The first-order chi connectivity index (χ1) is 9.11. The highest BCUT2D eigenvalue weighted by atomic mass is 19.1. The lowest BCUT2D eigenvalue weighted by molar-refractivity contribution is 0.584. The molecule has 2 aromatic rings. The summed E-state index contributed by atoms with van der Waals surface area (Å²) in [4.78, 5) is 3.88. The molecular formula is C14H11F2N3. The lowest BCUT2D eigenvalue weighted by Gasteiger charge is -2.16. The summed E-state index contributed by atoms with van der Waals surface area (Å²) in [7, 11) is 0. The Morgan fingerprint density at radius 2 is 1.79 bits per heavy atom. The number of nitrogens with one attached hydrogen (secondary N) is 1. The first-order valence-electron chi connectivity index (χ1n) is 5.67. The minimum absolute atomic E-state index is 0.0443. The Balaban J connectivity index is 2.27. The fraction of sp³-hybridized carbons (Fsp3) is 0.143. The molecule has 0 radical (unpaired) electrons. The molecule has 1 aromatic heterocycles. The summed E-state index contributed by atoms with van der Waals surface area (Å²) in [5.41, 5.74) is 0.582. The zero-order valence-corrected chi connectivity index (χ0v) is 10.2. The van der Waals surface area contributed by atoms with Gasteiger partial charge in [-0.25, -0.2) is 8.78 Å². The van der Waals surface area contributed by atoms with Gasteiger partial charge in [-0.3, -0.25) is 4.98 Å². The summed E-state index contributed by atoms with van der Waals surface area (Å²) in [5, 5.41) is 11.4. The molecule has 0 fully saturated rings. The Hall–Kier alpha value is -2.48. The molecule has 0 aliphatic rings. The van der Waals surface area contributed by atoms with Crippen molar-refractivity contribution in [3.63, 3.8) is 0 Å². The number of aromatic nitrogens is 1. The molecule has 0 saturated heterocycles. The van der Waals surface area contributed by atoms with Gasteiger partial charge in [-0.15, -0.1) is 0 Å². The van der Waals surface area contributed by atoms with Gasteiger partial charge >= 0.3 is 0 Å². The fourth-order valence-electron chi connectivity index (χ4n) is 1.73. The highest BCUT2D eigenvalue weighted by Gasteiger charge is 2.14. The molecule has 1 aromatic carbocycles. The molecule has 1 atom stereocenters. The van der Waals surface area contributed by atoms with E-state index in [1.54, 1.807) is 37.5 Å². The predicted molar refractivity (Wildman–Crippen MR) is 67.3 cm³/mol. The second kappa shape index (κ2) is 5.44. The van der Waals surface area contributed by atoms with Crippen LogP contribution in [0, 0.1) is 23.0 Å². The Morgan fingerprint density at radius 1 is 1.21 bits per heavy atom. The largest absolute Gasteiger partial charge is 0.374 e. The van der Waals surface area contributed by atoms with Crippen LogP contribution in [0.25, 0.3) is 0 Å². The molecule has 19 heavy (non-hydrogen) atoms. The van der Waals surface area contributed by atoms with E-state index in [1.807, 2.05) is 0 Å². The van der Waals surface area contributed by atoms with Crippen molar-refractivity contribution in [1.82, 2.24) is 4.98 Å². The van der Waals surface area contributed by atoms with Gasteiger partial charge in [0, 0.05) is 18.4 Å². The molecule has 1 heterocycles. The van der Waals surface area contributed by atoms with E-state index in [0.717, 1.165) is 17.7 Å². The van der Waals surface area contributed by atoms with E-state index >= 15 is 0 Å². The summed E-state index contributed by atoms with van der Waals surface area (Å²) < 4.78 is 27.4. The van der Waals surface area contributed by atoms with E-state index in [4.69, 9.17) is 5.26 Å². The first kappa shape index (κ1) is 13.0. The molecule has 3 nitrogen and oxygen atoms in total. The summed E-state index contributed by atoms with van der Waals surface area (Å²) in [5.74, 6) is -1.56. The third-order valence-electron chi connectivity index (χ3n) is 2.74. The Morgan fingerprint density at radius 3 is 2.32 bits per heavy atom. The third kappa shape index (κ3) is 2.86. The van der Waals surface area contributed by atoms with Gasteiger partial charge in [0.2, 0.25) is 0 Å². The van der Waals surface area contributed by atoms with Gasteiger partial charge in [0.1, 0.15) is 5.69 Å². The Labute approximate surface area is 109 Å². The van der Waals surface area contributed by atoms with Gasteiger partial charge in [0.05, 0.1) is 11.6 Å². The molecule has 0 aliphatic heterocycles. The van der Waals surface area contributed by atoms with Crippen molar-refractivity contribution >= 4 is 5.69 Å². The molecule has 5 heteroatoms. The number of rotatable bonds is 3. The van der Waals surface area contributed by atoms with E-state index in [2.05, 4.69) is 10.3 Å². The lowest BCUT2D eigenvalue weighted by atomic mass is 10.1. The topological polar surface area (TPSA) is 48.7 Å². The van der Waals surface area contributed by atoms with Crippen molar-refractivity contribution in [2.75, 3.05) is 5.32 Å². The number of hydrogen-bond donors (Lipinski definition) is 1. The second-order valence-corrected chi connectivity index (χ2v) is 4.07. The minimum atomic E-state index is -0.780. The molecule has 0 bridgehead atoms. The molecule has 0 aliphatic carbocycles. The minimum Gasteiger partial charge on any atom is -0.374 e. The molecule has 0 amide bonds. The zero-order chi connectivity index (χ0) is 13.8. The average molecular weight is 259 g/mol. The number of pyridine rings is 1. The van der Waals surface area contributed by atoms with Crippen LogP contribution in [0.1, 0.15) is 24.1 Å². The standard InChI is InChI=1S/C14H11F2N3/c1-9(11-2-4-18-5-3-11)19-14-12(15)6-10(8-17)7-13(14)16/h2-7,9,19H,1H3/t9-/m1/s1. The summed E-state index contributed by atoms with van der Waals surface area (Å²) in [6.45, 7) is 1.78. The third-order valence-corrected chi connectivity index (χ3v) is 2.74. The molecule has 0 saturated carbocycles. The maximum Gasteiger partial charge on any atom is 0.150 e. The van der Waals surface area contributed by atoms with Crippen molar-refractivity contribution in [3.05, 3.63) is 59.4 Å². The number of nitrogens with zero attached hydrogens (tertiary/aromatic N) is 2. The van der Waals surface area contributed by atoms with Crippen LogP contribution in [0.15, 0.2) is 36.7 Å². The van der Waals surface area contributed by atoms with Gasteiger partial charge in [-0.2, -0.15) is 5.26 Å². The smallest absolute Gasteiger partial charge is 0.150 e. The molecule has 0 unspecified atom stereocenters. The van der Waals surface area contributed by atoms with E-state index in [9.17, 15) is 8.78 Å². The lowest BCUT2D eigenvalue weighted by Crippen LogP contribution is -2.10. The van der Waals surface area contributed by atoms with Crippen molar-refractivity contribution in [3.8, 4) is 6.07 Å². The summed E-state index contributed by atoms with van der Waals surface area (Å²) >= 11 is 0. The Kier molecular flexibility index (Phi) is 3.71. The number of hydrogen-bond acceptors (Lipinski definition) is 3. The zero-order valence-electron chi connectivity index (χ0n) is 10.2. The monoisotopic (exact) mass is 259 g/mol. The molecule has 2 rings (SSSR count). The normalized spacial score (nSPS) is 11.7. The van der Waals surface area contributed by atoms with Crippen molar-refractivity contribution in [2.45, 2.75) is 13.0 Å². The highest BCUT2D eigenvalue weighted by Crippen LogP contribution is 2.25. The maximum atomic E-state index is 13.7. The molecular weight excluding hydrogens is 248 g/mol. The average Bonchev–Trinajstić information content (AvgIpc) is 2.43. The fourth-order valence-corrected chi connectivity index (χ4v) is 1.73. The van der Waals surface area contributed by atoms with Gasteiger partial charge in [-0.05, 0) is 36.8 Å². The van der Waals surface area contributed by atoms with Crippen LogP contribution in [0.2, 0.25) is 0 Å². The van der Waals surface area contributed by atoms with Gasteiger partial charge in [-0.1, -0.05) is 0 Å². The van der Waals surface area contributed by atoms with Gasteiger partial charge in [0.15, 0.2) is 11.6 Å². The number of nitriles is 1. The summed E-state index contributed by atoms with van der Waals surface area (Å²) in [6, 6.07) is 6.96. The van der Waals surface area contributed by atoms with Crippen molar-refractivity contribution < 1.29 is 8.78 Å². The van der Waals surface area contributed by atoms with E-state index in [0.29, 0.717) is 0 Å². The van der Waals surface area contributed by atoms with E-state index in [1.165, 1.54) is 0 Å². The van der Waals surface area contributed by atoms with Crippen LogP contribution in [0.5, 0.6) is 0 Å². The van der Waals surface area contributed by atoms with Crippen molar-refractivity contribution in [2.24, 2.45) is 0 Å². The Bertz CT molecular complexity index is 597. The van der Waals surface area contributed by atoms with Crippen LogP contribution >= 0.6 is 0 Å². The predicted octanol–water partition coefficient (Wildman–Crippen LogP) is 3.40.